The minimum absolute atomic E-state index is 0. The highest BCUT2D eigenvalue weighted by atomic mass is 127. The molecule has 150 valence electrons. The Hall–Kier alpha value is -1.06. The minimum atomic E-state index is -0.379. The van der Waals surface area contributed by atoms with Crippen molar-refractivity contribution in [2.45, 2.75) is 47.0 Å². The molecular weight excluding hydrogens is 445 g/mol. The average Bonchev–Trinajstić information content (AvgIpc) is 2.89. The van der Waals surface area contributed by atoms with E-state index in [0.29, 0.717) is 19.5 Å². The Bertz CT molecular complexity index is 532. The fraction of sp³-hybridized carbons (Fsp3) is 0.833. The van der Waals surface area contributed by atoms with Gasteiger partial charge in [0.25, 0.3) is 0 Å². The molecule has 2 fully saturated rings. The highest BCUT2D eigenvalue weighted by molar-refractivity contribution is 14.0. The Balaban J connectivity index is 0.00000338. The van der Waals surface area contributed by atoms with Crippen LogP contribution in [0.1, 0.15) is 47.0 Å². The maximum Gasteiger partial charge on any atom is 0.225 e. The maximum absolute atomic E-state index is 11.9. The molecule has 2 saturated heterocycles. The third kappa shape index (κ3) is 6.28. The van der Waals surface area contributed by atoms with Gasteiger partial charge in [0.05, 0.1) is 6.54 Å². The van der Waals surface area contributed by atoms with Crippen LogP contribution >= 0.6 is 24.0 Å². The van der Waals surface area contributed by atoms with Crippen LogP contribution in [-0.4, -0.2) is 61.9 Å². The van der Waals surface area contributed by atoms with Gasteiger partial charge in [-0.1, -0.05) is 20.8 Å². The predicted octanol–water partition coefficient (Wildman–Crippen LogP) is 1.33. The molecule has 2 heterocycles. The van der Waals surface area contributed by atoms with Gasteiger partial charge in [-0.25, -0.2) is 0 Å². The molecule has 8 heteroatoms. The van der Waals surface area contributed by atoms with Crippen LogP contribution in [0.5, 0.6) is 0 Å². The number of carbonyl (C=O) groups is 2. The van der Waals surface area contributed by atoms with E-state index in [1.807, 2.05) is 20.8 Å². The predicted molar refractivity (Wildman–Crippen MR) is 115 cm³/mol. The number of carbonyl (C=O) groups excluding carboxylic acids is 2. The van der Waals surface area contributed by atoms with Crippen molar-refractivity contribution in [3.05, 3.63) is 0 Å². The summed E-state index contributed by atoms with van der Waals surface area (Å²) in [6.07, 6.45) is 2.77. The van der Waals surface area contributed by atoms with Gasteiger partial charge in [0.15, 0.2) is 5.96 Å². The van der Waals surface area contributed by atoms with Gasteiger partial charge in [-0.2, -0.15) is 0 Å². The number of likely N-dealkylation sites (tertiary alicyclic amines) is 1. The van der Waals surface area contributed by atoms with E-state index in [2.05, 4.69) is 32.8 Å². The van der Waals surface area contributed by atoms with Crippen molar-refractivity contribution in [3.63, 3.8) is 0 Å². The van der Waals surface area contributed by atoms with Gasteiger partial charge >= 0.3 is 0 Å². The van der Waals surface area contributed by atoms with Crippen LogP contribution in [0.2, 0.25) is 0 Å². The van der Waals surface area contributed by atoms with Crippen LogP contribution in [0.3, 0.4) is 0 Å². The summed E-state index contributed by atoms with van der Waals surface area (Å²) < 4.78 is 0. The fourth-order valence-corrected chi connectivity index (χ4v) is 3.45. The second kappa shape index (κ2) is 9.75. The first kappa shape index (κ1) is 23.0. The quantitative estimate of drug-likeness (QED) is 0.246. The molecule has 0 saturated carbocycles. The normalized spacial score (nSPS) is 23.5. The van der Waals surface area contributed by atoms with Crippen LogP contribution in [0, 0.1) is 10.8 Å². The average molecular weight is 479 g/mol. The highest BCUT2D eigenvalue weighted by Gasteiger charge is 2.42. The number of aliphatic imine (C=N–C) groups is 1. The Morgan fingerprint density at radius 2 is 2.08 bits per heavy atom. The Morgan fingerprint density at radius 1 is 1.35 bits per heavy atom. The molecule has 7 nitrogen and oxygen atoms in total. The zero-order valence-corrected chi connectivity index (χ0v) is 18.8. The lowest BCUT2D eigenvalue weighted by molar-refractivity contribution is -0.128. The Labute approximate surface area is 174 Å². The molecule has 1 spiro atoms. The number of hydrogen-bond acceptors (Lipinski definition) is 3. The highest BCUT2D eigenvalue weighted by Crippen LogP contribution is 2.35. The first-order valence-corrected chi connectivity index (χ1v) is 9.34. The van der Waals surface area contributed by atoms with E-state index in [1.54, 1.807) is 0 Å². The van der Waals surface area contributed by atoms with Crippen molar-refractivity contribution in [2.75, 3.05) is 39.3 Å². The summed E-state index contributed by atoms with van der Waals surface area (Å²) in [5.74, 6) is 1.08. The molecule has 0 aromatic heterocycles. The summed E-state index contributed by atoms with van der Waals surface area (Å²) in [5.41, 5.74) is -0.332. The SMILES string of the molecule is CCNC(=NCCNC(=O)C(C)(C)C)N1CCCC2(CNC(=O)C2)C1.I. The van der Waals surface area contributed by atoms with E-state index in [4.69, 9.17) is 0 Å². The lowest BCUT2D eigenvalue weighted by Gasteiger charge is -2.40. The van der Waals surface area contributed by atoms with E-state index >= 15 is 0 Å². The zero-order chi connectivity index (χ0) is 18.5. The van der Waals surface area contributed by atoms with Crippen LogP contribution < -0.4 is 16.0 Å². The van der Waals surface area contributed by atoms with Crippen LogP contribution in [0.4, 0.5) is 0 Å². The van der Waals surface area contributed by atoms with Gasteiger partial charge in [0.2, 0.25) is 11.8 Å². The molecule has 2 aliphatic rings. The second-order valence-corrected chi connectivity index (χ2v) is 8.22. The largest absolute Gasteiger partial charge is 0.357 e. The summed E-state index contributed by atoms with van der Waals surface area (Å²) in [6, 6.07) is 0. The molecule has 0 radical (unpaired) electrons. The maximum atomic E-state index is 11.9. The number of amides is 2. The number of hydrogen-bond donors (Lipinski definition) is 3. The number of piperidine rings is 1. The van der Waals surface area contributed by atoms with E-state index in [1.165, 1.54) is 0 Å². The number of halogens is 1. The van der Waals surface area contributed by atoms with Crippen molar-refractivity contribution in [1.29, 1.82) is 0 Å². The van der Waals surface area contributed by atoms with Crippen LogP contribution in [0.25, 0.3) is 0 Å². The van der Waals surface area contributed by atoms with Crippen molar-refractivity contribution in [3.8, 4) is 0 Å². The fourth-order valence-electron chi connectivity index (χ4n) is 3.45. The van der Waals surface area contributed by atoms with Gasteiger partial charge < -0.3 is 20.9 Å². The molecule has 0 bridgehead atoms. The molecule has 0 aromatic carbocycles. The molecule has 26 heavy (non-hydrogen) atoms. The lowest BCUT2D eigenvalue weighted by atomic mass is 9.79. The summed E-state index contributed by atoms with van der Waals surface area (Å²) in [4.78, 5) is 30.5. The second-order valence-electron chi connectivity index (χ2n) is 8.22. The molecule has 1 unspecified atom stereocenters. The number of rotatable bonds is 4. The van der Waals surface area contributed by atoms with Gasteiger partial charge in [0, 0.05) is 50.0 Å². The molecule has 2 amide bonds. The topological polar surface area (TPSA) is 85.8 Å². The third-order valence-electron chi connectivity index (χ3n) is 4.83. The molecular formula is C18H34IN5O2. The smallest absolute Gasteiger partial charge is 0.225 e. The standard InChI is InChI=1S/C18H33N5O2.HI/c1-5-19-16(21-9-8-20-15(25)17(2,3)4)23-10-6-7-18(13-23)11-14(24)22-12-18;/h5-13H2,1-4H3,(H,19,21)(H,20,25)(H,22,24);1H. The zero-order valence-electron chi connectivity index (χ0n) is 16.5. The molecule has 0 aromatic rings. The summed E-state index contributed by atoms with van der Waals surface area (Å²) in [5, 5.41) is 9.25. The van der Waals surface area contributed by atoms with Crippen molar-refractivity contribution in [1.82, 2.24) is 20.9 Å². The molecule has 3 N–H and O–H groups in total. The number of nitrogens with one attached hydrogen (secondary N) is 3. The van der Waals surface area contributed by atoms with Gasteiger partial charge in [-0.3, -0.25) is 14.6 Å². The number of nitrogens with zero attached hydrogens (tertiary/aromatic N) is 2. The first-order chi connectivity index (χ1) is 11.8. The summed E-state index contributed by atoms with van der Waals surface area (Å²) in [6.45, 7) is 12.2. The third-order valence-corrected chi connectivity index (χ3v) is 4.83. The van der Waals surface area contributed by atoms with Crippen molar-refractivity contribution >= 4 is 41.8 Å². The Morgan fingerprint density at radius 3 is 2.65 bits per heavy atom. The monoisotopic (exact) mass is 479 g/mol. The van der Waals surface area contributed by atoms with E-state index < -0.39 is 0 Å². The summed E-state index contributed by atoms with van der Waals surface area (Å²) in [7, 11) is 0. The Kier molecular flexibility index (Phi) is 8.62. The van der Waals surface area contributed by atoms with Gasteiger partial charge in [-0.05, 0) is 19.8 Å². The van der Waals surface area contributed by atoms with Gasteiger partial charge in [0.1, 0.15) is 0 Å². The molecule has 0 aliphatic carbocycles. The summed E-state index contributed by atoms with van der Waals surface area (Å²) >= 11 is 0. The van der Waals surface area contributed by atoms with Crippen LogP contribution in [0.15, 0.2) is 4.99 Å². The van der Waals surface area contributed by atoms with Gasteiger partial charge in [-0.15, -0.1) is 24.0 Å². The molecule has 1 atom stereocenters. The van der Waals surface area contributed by atoms with E-state index in [0.717, 1.165) is 45.0 Å². The first-order valence-electron chi connectivity index (χ1n) is 9.34. The van der Waals surface area contributed by atoms with E-state index in [9.17, 15) is 9.59 Å². The van der Waals surface area contributed by atoms with Crippen molar-refractivity contribution < 1.29 is 9.59 Å². The van der Waals surface area contributed by atoms with E-state index in [-0.39, 0.29) is 46.6 Å². The molecule has 2 aliphatic heterocycles. The molecule has 2 rings (SSSR count). The van der Waals surface area contributed by atoms with Crippen LogP contribution in [-0.2, 0) is 9.59 Å². The lowest BCUT2D eigenvalue weighted by Crippen LogP contribution is -2.51. The van der Waals surface area contributed by atoms with Crippen molar-refractivity contribution in [2.24, 2.45) is 15.8 Å². The number of guanidine groups is 1. The minimum Gasteiger partial charge on any atom is -0.357 e.